The fourth-order valence-corrected chi connectivity index (χ4v) is 1.91. The van der Waals surface area contributed by atoms with Gasteiger partial charge in [-0.05, 0) is 38.0 Å². The molecule has 0 atom stereocenters. The lowest BCUT2D eigenvalue weighted by molar-refractivity contribution is -0.130. The molecule has 2 nitrogen and oxygen atoms in total. The second-order valence-corrected chi connectivity index (χ2v) is 5.02. The molecule has 0 bridgehead atoms. The van der Waals surface area contributed by atoms with E-state index in [1.807, 2.05) is 11.8 Å². The van der Waals surface area contributed by atoms with Gasteiger partial charge in [-0.2, -0.15) is 0 Å². The molecule has 18 heavy (non-hydrogen) atoms. The van der Waals surface area contributed by atoms with Crippen molar-refractivity contribution in [2.24, 2.45) is 5.92 Å². The van der Waals surface area contributed by atoms with Crippen LogP contribution in [-0.4, -0.2) is 23.9 Å². The van der Waals surface area contributed by atoms with Crippen molar-refractivity contribution in [3.63, 3.8) is 0 Å². The Morgan fingerprint density at radius 2 is 1.78 bits per heavy atom. The summed E-state index contributed by atoms with van der Waals surface area (Å²) < 4.78 is 0. The van der Waals surface area contributed by atoms with Gasteiger partial charge in [-0.15, -0.1) is 0 Å². The molecule has 0 aromatic rings. The highest BCUT2D eigenvalue weighted by atomic mass is 16.2. The molecule has 0 aromatic heterocycles. The van der Waals surface area contributed by atoms with Gasteiger partial charge in [0.1, 0.15) is 0 Å². The van der Waals surface area contributed by atoms with Crippen LogP contribution in [0.25, 0.3) is 0 Å². The quantitative estimate of drug-likeness (QED) is 0.448. The van der Waals surface area contributed by atoms with Crippen molar-refractivity contribution in [1.29, 1.82) is 0 Å². The topological polar surface area (TPSA) is 20.3 Å². The second kappa shape index (κ2) is 8.96. The Kier molecular flexibility index (Phi) is 7.47. The van der Waals surface area contributed by atoms with Crippen LogP contribution in [0.5, 0.6) is 0 Å². The van der Waals surface area contributed by atoms with Crippen LogP contribution in [-0.2, 0) is 4.79 Å². The van der Waals surface area contributed by atoms with Crippen LogP contribution in [0.3, 0.4) is 0 Å². The van der Waals surface area contributed by atoms with E-state index >= 15 is 0 Å². The van der Waals surface area contributed by atoms with Crippen molar-refractivity contribution in [2.75, 3.05) is 13.1 Å². The highest BCUT2D eigenvalue weighted by Crippen LogP contribution is 2.29. The molecule has 1 aliphatic carbocycles. The SMILES string of the molecule is CC/C=C\CC/C=C\CN(CC1CC1)C(=O)CC. The van der Waals surface area contributed by atoms with Gasteiger partial charge in [0, 0.05) is 19.5 Å². The van der Waals surface area contributed by atoms with Crippen LogP contribution < -0.4 is 0 Å². The van der Waals surface area contributed by atoms with Crippen molar-refractivity contribution in [1.82, 2.24) is 4.90 Å². The number of carbonyl (C=O) groups is 1. The number of hydrogen-bond acceptors (Lipinski definition) is 1. The minimum Gasteiger partial charge on any atom is -0.339 e. The van der Waals surface area contributed by atoms with Crippen LogP contribution in [0.4, 0.5) is 0 Å². The Morgan fingerprint density at radius 3 is 2.33 bits per heavy atom. The average Bonchev–Trinajstić information content (AvgIpc) is 3.19. The van der Waals surface area contributed by atoms with Crippen molar-refractivity contribution in [3.8, 4) is 0 Å². The Bertz CT molecular complexity index is 289. The van der Waals surface area contributed by atoms with E-state index in [-0.39, 0.29) is 5.91 Å². The normalized spacial score (nSPS) is 15.7. The summed E-state index contributed by atoms with van der Waals surface area (Å²) in [6, 6.07) is 0. The highest BCUT2D eigenvalue weighted by molar-refractivity contribution is 5.76. The zero-order valence-corrected chi connectivity index (χ0v) is 11.9. The molecule has 1 aliphatic rings. The van der Waals surface area contributed by atoms with E-state index in [1.54, 1.807) is 0 Å². The molecule has 0 spiro atoms. The molecule has 1 rings (SSSR count). The van der Waals surface area contributed by atoms with E-state index in [0.29, 0.717) is 6.42 Å². The van der Waals surface area contributed by atoms with Gasteiger partial charge >= 0.3 is 0 Å². The molecule has 2 heteroatoms. The Hall–Kier alpha value is -1.05. The number of allylic oxidation sites excluding steroid dienone is 3. The first-order valence-electron chi connectivity index (χ1n) is 7.35. The molecule has 0 radical (unpaired) electrons. The zero-order chi connectivity index (χ0) is 13.2. The third kappa shape index (κ3) is 6.63. The molecule has 0 saturated heterocycles. The van der Waals surface area contributed by atoms with Crippen molar-refractivity contribution in [2.45, 2.75) is 52.4 Å². The van der Waals surface area contributed by atoms with Gasteiger partial charge in [-0.3, -0.25) is 4.79 Å². The van der Waals surface area contributed by atoms with Gasteiger partial charge in [0.15, 0.2) is 0 Å². The average molecular weight is 249 g/mol. The predicted molar refractivity (Wildman–Crippen MR) is 77.4 cm³/mol. The lowest BCUT2D eigenvalue weighted by Crippen LogP contribution is -2.32. The number of rotatable bonds is 9. The molecule has 0 heterocycles. The van der Waals surface area contributed by atoms with E-state index in [0.717, 1.165) is 38.3 Å². The third-order valence-corrected chi connectivity index (χ3v) is 3.23. The molecule has 1 fully saturated rings. The van der Waals surface area contributed by atoms with E-state index < -0.39 is 0 Å². The number of hydrogen-bond donors (Lipinski definition) is 0. The first kappa shape index (κ1) is 15.0. The summed E-state index contributed by atoms with van der Waals surface area (Å²) in [6.07, 6.45) is 15.3. The highest BCUT2D eigenvalue weighted by Gasteiger charge is 2.25. The van der Waals surface area contributed by atoms with E-state index in [9.17, 15) is 4.79 Å². The Labute approximate surface area is 112 Å². The van der Waals surface area contributed by atoms with Gasteiger partial charge in [-0.1, -0.05) is 38.2 Å². The fraction of sp³-hybridized carbons (Fsp3) is 0.688. The van der Waals surface area contributed by atoms with Crippen LogP contribution >= 0.6 is 0 Å². The Balaban J connectivity index is 2.20. The van der Waals surface area contributed by atoms with Crippen LogP contribution in [0.15, 0.2) is 24.3 Å². The molecule has 0 N–H and O–H groups in total. The smallest absolute Gasteiger partial charge is 0.222 e. The summed E-state index contributed by atoms with van der Waals surface area (Å²) in [6.45, 7) is 5.85. The first-order chi connectivity index (χ1) is 8.77. The molecule has 1 amide bonds. The molecular weight excluding hydrogens is 222 g/mol. The maximum Gasteiger partial charge on any atom is 0.222 e. The molecule has 0 aromatic carbocycles. The lowest BCUT2D eigenvalue weighted by atomic mass is 10.2. The summed E-state index contributed by atoms with van der Waals surface area (Å²) in [5.41, 5.74) is 0. The lowest BCUT2D eigenvalue weighted by Gasteiger charge is -2.20. The first-order valence-corrected chi connectivity index (χ1v) is 7.35. The molecular formula is C16H27NO. The van der Waals surface area contributed by atoms with Crippen LogP contribution in [0, 0.1) is 5.92 Å². The van der Waals surface area contributed by atoms with Gasteiger partial charge < -0.3 is 4.90 Å². The van der Waals surface area contributed by atoms with Gasteiger partial charge in [0.2, 0.25) is 5.91 Å². The summed E-state index contributed by atoms with van der Waals surface area (Å²) in [4.78, 5) is 13.8. The fourth-order valence-electron chi connectivity index (χ4n) is 1.91. The van der Waals surface area contributed by atoms with E-state index in [1.165, 1.54) is 12.8 Å². The minimum absolute atomic E-state index is 0.289. The molecule has 0 aliphatic heterocycles. The molecule has 102 valence electrons. The predicted octanol–water partition coefficient (Wildman–Crippen LogP) is 3.94. The summed E-state index contributed by atoms with van der Waals surface area (Å²) in [5.74, 6) is 1.07. The van der Waals surface area contributed by atoms with Crippen molar-refractivity contribution in [3.05, 3.63) is 24.3 Å². The van der Waals surface area contributed by atoms with Crippen LogP contribution in [0.2, 0.25) is 0 Å². The number of amides is 1. The summed E-state index contributed by atoms with van der Waals surface area (Å²) in [5, 5.41) is 0. The second-order valence-electron chi connectivity index (χ2n) is 5.02. The van der Waals surface area contributed by atoms with Crippen molar-refractivity contribution < 1.29 is 4.79 Å². The van der Waals surface area contributed by atoms with E-state index in [4.69, 9.17) is 0 Å². The molecule has 1 saturated carbocycles. The minimum atomic E-state index is 0.289. The third-order valence-electron chi connectivity index (χ3n) is 3.23. The van der Waals surface area contributed by atoms with Gasteiger partial charge in [0.25, 0.3) is 0 Å². The summed E-state index contributed by atoms with van der Waals surface area (Å²) >= 11 is 0. The standard InChI is InChI=1S/C16H27NO/c1-3-5-6-7-8-9-10-13-17(16(18)4-2)14-15-11-12-15/h5-6,9-10,15H,3-4,7-8,11-14H2,1-2H3/b6-5-,10-9-. The number of carbonyl (C=O) groups excluding carboxylic acids is 1. The zero-order valence-electron chi connectivity index (χ0n) is 11.9. The van der Waals surface area contributed by atoms with Crippen LogP contribution in [0.1, 0.15) is 52.4 Å². The van der Waals surface area contributed by atoms with Crippen molar-refractivity contribution >= 4 is 5.91 Å². The van der Waals surface area contributed by atoms with Gasteiger partial charge in [-0.25, -0.2) is 0 Å². The number of unbranched alkanes of at least 4 members (excludes halogenated alkanes) is 1. The van der Waals surface area contributed by atoms with E-state index in [2.05, 4.69) is 31.2 Å². The largest absolute Gasteiger partial charge is 0.339 e. The maximum absolute atomic E-state index is 11.8. The van der Waals surface area contributed by atoms with Gasteiger partial charge in [0.05, 0.1) is 0 Å². The molecule has 0 unspecified atom stereocenters. The Morgan fingerprint density at radius 1 is 1.11 bits per heavy atom. The maximum atomic E-state index is 11.8. The number of nitrogens with zero attached hydrogens (tertiary/aromatic N) is 1. The monoisotopic (exact) mass is 249 g/mol. The summed E-state index contributed by atoms with van der Waals surface area (Å²) in [7, 11) is 0.